The van der Waals surface area contributed by atoms with Crippen molar-refractivity contribution in [2.75, 3.05) is 13.1 Å². The lowest BCUT2D eigenvalue weighted by Gasteiger charge is -2.08. The molecule has 1 aliphatic rings. The van der Waals surface area contributed by atoms with Crippen molar-refractivity contribution in [3.63, 3.8) is 0 Å². The van der Waals surface area contributed by atoms with Gasteiger partial charge in [0.25, 0.3) is 0 Å². The molecule has 2 N–H and O–H groups in total. The summed E-state index contributed by atoms with van der Waals surface area (Å²) in [6.45, 7) is 2.50. The number of H-pyrrole nitrogens is 1. The van der Waals surface area contributed by atoms with E-state index in [1.807, 2.05) is 24.3 Å². The van der Waals surface area contributed by atoms with E-state index in [1.54, 1.807) is 0 Å². The molecule has 80 valence electrons. The molecule has 1 aromatic carbocycles. The molecule has 1 aromatic heterocycles. The number of piperidine rings is 1. The van der Waals surface area contributed by atoms with Crippen molar-refractivity contribution in [2.24, 2.45) is 0 Å². The summed E-state index contributed by atoms with van der Waals surface area (Å²) in [7, 11) is 0. The first-order valence-electron chi connectivity index (χ1n) is 5.43. The normalized spacial score (nSPS) is 15.7. The highest BCUT2D eigenvalue weighted by molar-refractivity contribution is 5.72. The lowest BCUT2D eigenvalue weighted by Crippen LogP contribution is -2.21. The van der Waals surface area contributed by atoms with E-state index >= 15 is 0 Å². The van der Waals surface area contributed by atoms with Gasteiger partial charge in [-0.3, -0.25) is 0 Å². The van der Waals surface area contributed by atoms with Gasteiger partial charge >= 0.3 is 0 Å². The van der Waals surface area contributed by atoms with Crippen LogP contribution >= 0.6 is 0 Å². The van der Waals surface area contributed by atoms with Gasteiger partial charge in [0, 0.05) is 0 Å². The summed E-state index contributed by atoms with van der Waals surface area (Å²) >= 11 is 0. The zero-order valence-corrected chi connectivity index (χ0v) is 8.74. The summed E-state index contributed by atoms with van der Waals surface area (Å²) in [6, 6.07) is 7.70. The summed E-state index contributed by atoms with van der Waals surface area (Å²) in [5, 5.41) is 13.6. The average molecular weight is 204 g/mol. The van der Waals surface area contributed by atoms with Crippen molar-refractivity contribution in [3.8, 4) is 0 Å². The number of aromatic amines is 1. The van der Waals surface area contributed by atoms with Crippen molar-refractivity contribution >= 4 is 11.0 Å². The van der Waals surface area contributed by atoms with Crippen LogP contribution in [0.15, 0.2) is 24.3 Å². The Balaban J connectivity index is 0.000000124. The molecule has 15 heavy (non-hydrogen) atoms. The van der Waals surface area contributed by atoms with Crippen LogP contribution in [0.1, 0.15) is 19.3 Å². The lowest BCUT2D eigenvalue weighted by atomic mass is 10.2. The van der Waals surface area contributed by atoms with E-state index in [0.29, 0.717) is 0 Å². The predicted octanol–water partition coefficient (Wildman–Crippen LogP) is 1.72. The second-order valence-corrected chi connectivity index (χ2v) is 3.62. The number of aromatic nitrogens is 3. The maximum Gasteiger partial charge on any atom is 0.112 e. The maximum absolute atomic E-state index is 3.88. The first kappa shape index (κ1) is 10.1. The summed E-state index contributed by atoms with van der Waals surface area (Å²) in [5.74, 6) is 0. The molecule has 0 spiro atoms. The molecule has 0 atom stereocenters. The molecule has 0 unspecified atom stereocenters. The summed E-state index contributed by atoms with van der Waals surface area (Å²) in [5.41, 5.74) is 1.83. The second kappa shape index (κ2) is 5.46. The molecule has 1 fully saturated rings. The third-order valence-electron chi connectivity index (χ3n) is 2.43. The largest absolute Gasteiger partial charge is 0.317 e. The molecule has 4 nitrogen and oxygen atoms in total. The zero-order valence-electron chi connectivity index (χ0n) is 8.74. The van der Waals surface area contributed by atoms with Crippen LogP contribution in [0.25, 0.3) is 11.0 Å². The minimum Gasteiger partial charge on any atom is -0.317 e. The number of benzene rings is 1. The van der Waals surface area contributed by atoms with E-state index in [4.69, 9.17) is 0 Å². The molecule has 2 heterocycles. The highest BCUT2D eigenvalue weighted by Gasteiger charge is 1.93. The van der Waals surface area contributed by atoms with Crippen molar-refractivity contribution < 1.29 is 0 Å². The van der Waals surface area contributed by atoms with Gasteiger partial charge in [-0.1, -0.05) is 18.6 Å². The summed E-state index contributed by atoms with van der Waals surface area (Å²) < 4.78 is 0. The van der Waals surface area contributed by atoms with Crippen molar-refractivity contribution in [2.45, 2.75) is 19.3 Å². The maximum atomic E-state index is 3.88. The van der Waals surface area contributed by atoms with Crippen LogP contribution in [0.4, 0.5) is 0 Å². The molecule has 2 aromatic rings. The second-order valence-electron chi connectivity index (χ2n) is 3.62. The molecule has 0 saturated carbocycles. The number of fused-ring (bicyclic) bond motifs is 1. The Bertz CT molecular complexity index is 350. The van der Waals surface area contributed by atoms with E-state index in [2.05, 4.69) is 20.7 Å². The number of hydrogen-bond donors (Lipinski definition) is 2. The Morgan fingerprint density at radius 3 is 1.87 bits per heavy atom. The average Bonchev–Trinajstić information content (AvgIpc) is 2.80. The number of hydrogen-bond acceptors (Lipinski definition) is 3. The standard InChI is InChI=1S/C6H5N3.C5H11N/c1-2-4-6-5(3-1)7-9-8-6;1-2-4-6-5-3-1/h1-4H,(H,7,8,9);6H,1-5H2. The van der Waals surface area contributed by atoms with Gasteiger partial charge in [0.15, 0.2) is 0 Å². The molecule has 1 saturated heterocycles. The molecule has 3 rings (SSSR count). The zero-order chi connectivity index (χ0) is 10.3. The molecular formula is C11H16N4. The highest BCUT2D eigenvalue weighted by atomic mass is 15.3. The molecule has 0 aliphatic carbocycles. The Morgan fingerprint density at radius 2 is 1.47 bits per heavy atom. The van der Waals surface area contributed by atoms with Crippen molar-refractivity contribution in [1.82, 2.24) is 20.7 Å². The first-order chi connectivity index (χ1) is 7.47. The number of para-hydroxylation sites is 2. The van der Waals surface area contributed by atoms with Crippen molar-refractivity contribution in [3.05, 3.63) is 24.3 Å². The minimum atomic E-state index is 0.914. The van der Waals surface area contributed by atoms with Gasteiger partial charge in [-0.25, -0.2) is 0 Å². The van der Waals surface area contributed by atoms with Crippen LogP contribution in [0.2, 0.25) is 0 Å². The monoisotopic (exact) mass is 204 g/mol. The molecule has 0 amide bonds. The van der Waals surface area contributed by atoms with Gasteiger partial charge in [-0.2, -0.15) is 15.4 Å². The first-order valence-corrected chi connectivity index (χ1v) is 5.43. The lowest BCUT2D eigenvalue weighted by molar-refractivity contribution is 0.520. The molecule has 0 bridgehead atoms. The van der Waals surface area contributed by atoms with Gasteiger partial charge in [0.2, 0.25) is 0 Å². The molecule has 4 heteroatoms. The topological polar surface area (TPSA) is 53.6 Å². The van der Waals surface area contributed by atoms with Gasteiger partial charge < -0.3 is 5.32 Å². The predicted molar refractivity (Wildman–Crippen MR) is 60.6 cm³/mol. The van der Waals surface area contributed by atoms with E-state index in [0.717, 1.165) is 11.0 Å². The quantitative estimate of drug-likeness (QED) is 0.687. The Morgan fingerprint density at radius 1 is 0.867 bits per heavy atom. The third-order valence-corrected chi connectivity index (χ3v) is 2.43. The van der Waals surface area contributed by atoms with Crippen LogP contribution in [0.3, 0.4) is 0 Å². The van der Waals surface area contributed by atoms with E-state index in [-0.39, 0.29) is 0 Å². The fourth-order valence-electron chi connectivity index (χ4n) is 1.59. The van der Waals surface area contributed by atoms with Gasteiger partial charge in [-0.05, 0) is 38.1 Å². The molecular weight excluding hydrogens is 188 g/mol. The van der Waals surface area contributed by atoms with Gasteiger partial charge in [-0.15, -0.1) is 0 Å². The van der Waals surface area contributed by atoms with Gasteiger partial charge in [0.05, 0.1) is 0 Å². The molecule has 0 radical (unpaired) electrons. The van der Waals surface area contributed by atoms with Crippen LogP contribution in [-0.4, -0.2) is 28.5 Å². The SMILES string of the molecule is C1CCNCC1.c1ccc2n[nH]nc2c1. The number of nitrogens with zero attached hydrogens (tertiary/aromatic N) is 2. The molecule has 1 aliphatic heterocycles. The van der Waals surface area contributed by atoms with E-state index in [1.165, 1.54) is 32.4 Å². The van der Waals surface area contributed by atoms with Crippen LogP contribution in [0, 0.1) is 0 Å². The summed E-state index contributed by atoms with van der Waals surface area (Å²) in [4.78, 5) is 0. The van der Waals surface area contributed by atoms with Crippen LogP contribution in [-0.2, 0) is 0 Å². The van der Waals surface area contributed by atoms with Crippen LogP contribution in [0.5, 0.6) is 0 Å². The number of rotatable bonds is 0. The smallest absolute Gasteiger partial charge is 0.112 e. The highest BCUT2D eigenvalue weighted by Crippen LogP contribution is 2.03. The van der Waals surface area contributed by atoms with Crippen molar-refractivity contribution in [1.29, 1.82) is 0 Å². The van der Waals surface area contributed by atoms with E-state index < -0.39 is 0 Å². The number of nitrogens with one attached hydrogen (secondary N) is 2. The fourth-order valence-corrected chi connectivity index (χ4v) is 1.59. The minimum absolute atomic E-state index is 0.914. The van der Waals surface area contributed by atoms with Gasteiger partial charge in [0.1, 0.15) is 11.0 Å². The Labute approximate surface area is 89.1 Å². The summed E-state index contributed by atoms with van der Waals surface area (Å²) in [6.07, 6.45) is 4.22. The Kier molecular flexibility index (Phi) is 3.68. The Hall–Kier alpha value is -1.42. The van der Waals surface area contributed by atoms with Crippen LogP contribution < -0.4 is 5.32 Å². The fraction of sp³-hybridized carbons (Fsp3) is 0.455. The van der Waals surface area contributed by atoms with E-state index in [9.17, 15) is 0 Å². The third kappa shape index (κ3) is 3.02.